The van der Waals surface area contributed by atoms with Crippen molar-refractivity contribution in [1.29, 1.82) is 0 Å². The van der Waals surface area contributed by atoms with Gasteiger partial charge in [0, 0.05) is 6.61 Å². The molecule has 0 heterocycles. The molecule has 0 amide bonds. The van der Waals surface area contributed by atoms with Gasteiger partial charge in [-0.25, -0.2) is 0 Å². The van der Waals surface area contributed by atoms with Crippen LogP contribution >= 0.6 is 0 Å². The molecule has 0 saturated carbocycles. The van der Waals surface area contributed by atoms with E-state index in [0.717, 1.165) is 12.8 Å². The lowest BCUT2D eigenvalue weighted by molar-refractivity contribution is 0.282. The third-order valence-corrected chi connectivity index (χ3v) is 3.61. The Hall–Kier alpha value is -0.560. The minimum atomic E-state index is 0.356. The number of hydrogen-bond acceptors (Lipinski definition) is 1. The zero-order chi connectivity index (χ0) is 14.7. The van der Waals surface area contributed by atoms with Gasteiger partial charge in [0.25, 0.3) is 0 Å². The fraction of sp³-hybridized carbons (Fsp3) is 0.789. The molecule has 0 aliphatic heterocycles. The second-order valence-electron chi connectivity index (χ2n) is 5.66. The highest BCUT2D eigenvalue weighted by molar-refractivity contribution is 4.92. The van der Waals surface area contributed by atoms with Gasteiger partial charge in [-0.2, -0.15) is 0 Å². The lowest BCUT2D eigenvalue weighted by Gasteiger charge is -1.98. The van der Waals surface area contributed by atoms with Gasteiger partial charge in [0.2, 0.25) is 0 Å². The van der Waals surface area contributed by atoms with E-state index in [1.807, 2.05) is 0 Å². The van der Waals surface area contributed by atoms with Crippen LogP contribution in [-0.4, -0.2) is 11.7 Å². The molecule has 0 bridgehead atoms. The van der Waals surface area contributed by atoms with Crippen LogP contribution in [0.4, 0.5) is 0 Å². The third-order valence-electron chi connectivity index (χ3n) is 3.61. The van der Waals surface area contributed by atoms with Crippen molar-refractivity contribution in [3.8, 4) is 0 Å². The summed E-state index contributed by atoms with van der Waals surface area (Å²) in [4.78, 5) is 0. The van der Waals surface area contributed by atoms with Crippen molar-refractivity contribution in [3.05, 3.63) is 24.3 Å². The number of allylic oxidation sites excluding steroid dienone is 4. The summed E-state index contributed by atoms with van der Waals surface area (Å²) in [6.45, 7) is 2.62. The van der Waals surface area contributed by atoms with Crippen LogP contribution in [0.5, 0.6) is 0 Å². The average molecular weight is 280 g/mol. The van der Waals surface area contributed by atoms with Crippen LogP contribution < -0.4 is 0 Å². The molecule has 0 rings (SSSR count). The fourth-order valence-corrected chi connectivity index (χ4v) is 2.28. The van der Waals surface area contributed by atoms with Gasteiger partial charge in [0.1, 0.15) is 0 Å². The van der Waals surface area contributed by atoms with E-state index in [0.29, 0.717) is 6.61 Å². The molecule has 0 aliphatic rings. The Morgan fingerprint density at radius 1 is 0.600 bits per heavy atom. The Kier molecular flexibility index (Phi) is 17.9. The van der Waals surface area contributed by atoms with Crippen molar-refractivity contribution in [1.82, 2.24) is 0 Å². The Bertz CT molecular complexity index is 218. The quantitative estimate of drug-likeness (QED) is 0.280. The van der Waals surface area contributed by atoms with Gasteiger partial charge in [-0.15, -0.1) is 0 Å². The van der Waals surface area contributed by atoms with Crippen molar-refractivity contribution in [2.24, 2.45) is 0 Å². The SMILES string of the molecule is CCCCCC/C=C/C/C=C/CCCCCCCCO. The number of rotatable bonds is 15. The van der Waals surface area contributed by atoms with E-state index in [9.17, 15) is 0 Å². The molecule has 20 heavy (non-hydrogen) atoms. The summed E-state index contributed by atoms with van der Waals surface area (Å²) < 4.78 is 0. The van der Waals surface area contributed by atoms with Gasteiger partial charge in [-0.3, -0.25) is 0 Å². The largest absolute Gasteiger partial charge is 0.396 e. The fourth-order valence-electron chi connectivity index (χ4n) is 2.28. The maximum absolute atomic E-state index is 8.67. The zero-order valence-electron chi connectivity index (χ0n) is 13.7. The number of hydrogen-bond donors (Lipinski definition) is 1. The van der Waals surface area contributed by atoms with Gasteiger partial charge < -0.3 is 5.11 Å². The first-order valence-corrected chi connectivity index (χ1v) is 8.82. The number of unbranched alkanes of at least 4 members (excludes halogenated alkanes) is 10. The lowest BCUT2D eigenvalue weighted by atomic mass is 10.1. The van der Waals surface area contributed by atoms with Crippen LogP contribution in [0.2, 0.25) is 0 Å². The van der Waals surface area contributed by atoms with Crippen LogP contribution in [-0.2, 0) is 0 Å². The minimum Gasteiger partial charge on any atom is -0.396 e. The van der Waals surface area contributed by atoms with Crippen molar-refractivity contribution in [3.63, 3.8) is 0 Å². The second-order valence-corrected chi connectivity index (χ2v) is 5.66. The van der Waals surface area contributed by atoms with E-state index in [4.69, 9.17) is 5.11 Å². The summed E-state index contributed by atoms with van der Waals surface area (Å²) in [5.74, 6) is 0. The minimum absolute atomic E-state index is 0.356. The first-order valence-electron chi connectivity index (χ1n) is 8.82. The van der Waals surface area contributed by atoms with Gasteiger partial charge in [0.05, 0.1) is 0 Å². The highest BCUT2D eigenvalue weighted by atomic mass is 16.2. The zero-order valence-corrected chi connectivity index (χ0v) is 13.7. The topological polar surface area (TPSA) is 20.2 Å². The number of aliphatic hydroxyl groups is 1. The molecule has 0 aliphatic carbocycles. The predicted octanol–water partition coefficient (Wildman–Crippen LogP) is 6.18. The summed E-state index contributed by atoms with van der Waals surface area (Å²) in [6, 6.07) is 0. The van der Waals surface area contributed by atoms with Crippen LogP contribution in [0.1, 0.15) is 90.4 Å². The molecule has 0 unspecified atom stereocenters. The third kappa shape index (κ3) is 17.4. The van der Waals surface area contributed by atoms with Gasteiger partial charge in [-0.05, 0) is 38.5 Å². The van der Waals surface area contributed by atoms with E-state index in [1.54, 1.807) is 0 Å². The normalized spacial score (nSPS) is 11.9. The molecule has 0 saturated heterocycles. The van der Waals surface area contributed by atoms with Crippen LogP contribution in [0, 0.1) is 0 Å². The molecule has 1 heteroatoms. The van der Waals surface area contributed by atoms with Gasteiger partial charge in [-0.1, -0.05) is 76.2 Å². The van der Waals surface area contributed by atoms with Gasteiger partial charge >= 0.3 is 0 Å². The Morgan fingerprint density at radius 2 is 1.10 bits per heavy atom. The van der Waals surface area contributed by atoms with Gasteiger partial charge in [0.15, 0.2) is 0 Å². The highest BCUT2D eigenvalue weighted by Gasteiger charge is 1.89. The molecular formula is C19H36O. The highest BCUT2D eigenvalue weighted by Crippen LogP contribution is 2.07. The van der Waals surface area contributed by atoms with Crippen LogP contribution in [0.3, 0.4) is 0 Å². The van der Waals surface area contributed by atoms with E-state index in [2.05, 4.69) is 31.2 Å². The smallest absolute Gasteiger partial charge is 0.0431 e. The predicted molar refractivity (Wildman–Crippen MR) is 91.1 cm³/mol. The average Bonchev–Trinajstić information content (AvgIpc) is 2.47. The molecule has 0 aromatic rings. The molecule has 118 valence electrons. The van der Waals surface area contributed by atoms with E-state index >= 15 is 0 Å². The Balaban J connectivity index is 3.13. The first-order chi connectivity index (χ1) is 9.91. The Morgan fingerprint density at radius 3 is 1.65 bits per heavy atom. The molecule has 0 spiro atoms. The molecule has 0 fully saturated rings. The van der Waals surface area contributed by atoms with Crippen LogP contribution in [0.15, 0.2) is 24.3 Å². The monoisotopic (exact) mass is 280 g/mol. The number of aliphatic hydroxyl groups excluding tert-OH is 1. The maximum atomic E-state index is 8.67. The van der Waals surface area contributed by atoms with E-state index in [-0.39, 0.29) is 0 Å². The summed E-state index contributed by atoms with van der Waals surface area (Å²) in [5.41, 5.74) is 0. The summed E-state index contributed by atoms with van der Waals surface area (Å²) in [5, 5.41) is 8.67. The van der Waals surface area contributed by atoms with Crippen molar-refractivity contribution < 1.29 is 5.11 Å². The summed E-state index contributed by atoms with van der Waals surface area (Å²) >= 11 is 0. The molecule has 0 aromatic carbocycles. The second kappa shape index (κ2) is 18.4. The molecule has 0 radical (unpaired) electrons. The Labute approximate surface area is 127 Å². The van der Waals surface area contributed by atoms with E-state index in [1.165, 1.54) is 70.6 Å². The molecule has 1 nitrogen and oxygen atoms in total. The standard InChI is InChI=1S/C19H36O/c1-2-3-4-5-6-7-8-9-10-11-12-13-14-15-16-17-18-19-20/h7-8,10-11,20H,2-6,9,12-19H2,1H3/b8-7+,11-10+. The lowest BCUT2D eigenvalue weighted by Crippen LogP contribution is -1.83. The van der Waals surface area contributed by atoms with Crippen LogP contribution in [0.25, 0.3) is 0 Å². The first kappa shape index (κ1) is 19.4. The summed E-state index contributed by atoms with van der Waals surface area (Å²) in [6.07, 6.45) is 25.7. The maximum Gasteiger partial charge on any atom is 0.0431 e. The molecular weight excluding hydrogens is 244 g/mol. The van der Waals surface area contributed by atoms with Crippen molar-refractivity contribution in [2.45, 2.75) is 90.4 Å². The van der Waals surface area contributed by atoms with Crippen molar-refractivity contribution >= 4 is 0 Å². The molecule has 1 N–H and O–H groups in total. The summed E-state index contributed by atoms with van der Waals surface area (Å²) in [7, 11) is 0. The van der Waals surface area contributed by atoms with Crippen molar-refractivity contribution in [2.75, 3.05) is 6.61 Å². The van der Waals surface area contributed by atoms with E-state index < -0.39 is 0 Å². The molecule has 0 atom stereocenters. The molecule has 0 aromatic heterocycles.